The molecular weight excluding hydrogens is 591 g/mol. The molecule has 0 bridgehead atoms. The quantitative estimate of drug-likeness (QED) is 0.0429. The Morgan fingerprint density at radius 1 is 0.698 bits per heavy atom. The van der Waals surface area contributed by atoms with Crippen LogP contribution in [0.3, 0.4) is 0 Å². The van der Waals surface area contributed by atoms with Crippen molar-refractivity contribution in [2.24, 2.45) is 5.92 Å². The minimum absolute atomic E-state index is 0.00545. The van der Waals surface area contributed by atoms with Crippen molar-refractivity contribution in [2.75, 3.05) is 52.9 Å². The molecule has 0 aliphatic rings. The molecule has 250 valence electrons. The first-order chi connectivity index (χ1) is 20.4. The summed E-state index contributed by atoms with van der Waals surface area (Å²) < 4.78 is 47.3. The number of carbonyl (C=O) groups is 5. The van der Waals surface area contributed by atoms with E-state index in [1.165, 1.54) is 0 Å². The molecule has 0 aliphatic carbocycles. The second-order valence-corrected chi connectivity index (χ2v) is 11.4. The lowest BCUT2D eigenvalue weighted by molar-refractivity contribution is -0.152. The zero-order valence-electron chi connectivity index (χ0n) is 25.8. The predicted octanol–water partition coefficient (Wildman–Crippen LogP) is 3.66. The Bertz CT molecular complexity index is 876. The smallest absolute Gasteiger partial charge is 0.469 e. The molecule has 43 heavy (non-hydrogen) atoms. The lowest BCUT2D eigenvalue weighted by atomic mass is 10.1. The summed E-state index contributed by atoms with van der Waals surface area (Å²) in [5.74, 6) is -1.60. The lowest BCUT2D eigenvalue weighted by Crippen LogP contribution is -2.22. The molecular formula is C28H48O14P-. The fourth-order valence-corrected chi connectivity index (χ4v) is 3.91. The highest BCUT2D eigenvalue weighted by molar-refractivity contribution is 7.47. The zero-order valence-corrected chi connectivity index (χ0v) is 26.7. The van der Waals surface area contributed by atoms with Crippen LogP contribution in [0.15, 0.2) is 0 Å². The van der Waals surface area contributed by atoms with Crippen LogP contribution in [0.25, 0.3) is 0 Å². The number of hydrogen-bond donors (Lipinski definition) is 1. The molecule has 0 saturated heterocycles. The van der Waals surface area contributed by atoms with Gasteiger partial charge in [-0.05, 0) is 38.2 Å². The number of rotatable bonds is 28. The van der Waals surface area contributed by atoms with Gasteiger partial charge in [-0.15, -0.1) is 0 Å². The largest absolute Gasteiger partial charge is 0.629 e. The first-order valence-electron chi connectivity index (χ1n) is 14.6. The predicted molar refractivity (Wildman–Crippen MR) is 152 cm³/mol. The van der Waals surface area contributed by atoms with Crippen LogP contribution < -0.4 is 0 Å². The minimum atomic E-state index is -4.56. The third kappa shape index (κ3) is 25.9. The van der Waals surface area contributed by atoms with Crippen molar-refractivity contribution >= 4 is 37.3 Å². The van der Waals surface area contributed by atoms with Gasteiger partial charge < -0.3 is 33.1 Å². The van der Waals surface area contributed by atoms with Crippen molar-refractivity contribution in [1.29, 1.82) is 0 Å². The molecule has 0 saturated carbocycles. The van der Waals surface area contributed by atoms with Crippen LogP contribution >= 0.6 is 7.82 Å². The van der Waals surface area contributed by atoms with Crippen LogP contribution in [-0.2, 0) is 61.3 Å². The minimum Gasteiger partial charge on any atom is -0.629 e. The van der Waals surface area contributed by atoms with E-state index < -0.39 is 38.9 Å². The molecule has 0 fully saturated rings. The Morgan fingerprint density at radius 3 is 2.00 bits per heavy atom. The molecule has 0 amide bonds. The Morgan fingerprint density at radius 2 is 1.33 bits per heavy atom. The van der Waals surface area contributed by atoms with E-state index in [2.05, 4.69) is 0 Å². The number of esters is 3. The van der Waals surface area contributed by atoms with E-state index in [0.29, 0.717) is 25.7 Å². The second kappa shape index (κ2) is 25.1. The van der Waals surface area contributed by atoms with Gasteiger partial charge in [0.1, 0.15) is 19.8 Å². The van der Waals surface area contributed by atoms with Crippen LogP contribution in [0.5, 0.6) is 0 Å². The molecule has 14 nitrogen and oxygen atoms in total. The van der Waals surface area contributed by atoms with E-state index in [0.717, 1.165) is 0 Å². The van der Waals surface area contributed by atoms with E-state index >= 15 is 0 Å². The third-order valence-electron chi connectivity index (χ3n) is 5.13. The normalized spacial score (nSPS) is 12.6. The monoisotopic (exact) mass is 639 g/mol. The van der Waals surface area contributed by atoms with Gasteiger partial charge in [-0.2, -0.15) is 0 Å². The summed E-state index contributed by atoms with van der Waals surface area (Å²) in [6.45, 7) is 6.32. The molecule has 1 unspecified atom stereocenters. The number of ketones is 2. The van der Waals surface area contributed by atoms with Crippen LogP contribution in [0.1, 0.15) is 85.5 Å². The number of Topliss-reactive ketones (excluding diaryl/α,β-unsaturated/α-hetero) is 2. The Hall–Kier alpha value is -2.22. The summed E-state index contributed by atoms with van der Waals surface area (Å²) in [5.41, 5.74) is 0. The third-order valence-corrected chi connectivity index (χ3v) is 6.09. The van der Waals surface area contributed by atoms with Crippen molar-refractivity contribution in [3.05, 3.63) is 6.10 Å². The summed E-state index contributed by atoms with van der Waals surface area (Å²) >= 11 is 0. The first kappa shape index (κ1) is 40.8. The fourth-order valence-electron chi connectivity index (χ4n) is 3.17. The van der Waals surface area contributed by atoms with Gasteiger partial charge in [0, 0.05) is 45.3 Å². The van der Waals surface area contributed by atoms with Crippen LogP contribution in [0, 0.1) is 12.0 Å². The van der Waals surface area contributed by atoms with E-state index in [9.17, 15) is 33.4 Å². The van der Waals surface area contributed by atoms with Gasteiger partial charge in [-0.1, -0.05) is 33.8 Å². The summed E-state index contributed by atoms with van der Waals surface area (Å²) in [5, 5.41) is 0. The van der Waals surface area contributed by atoms with Crippen molar-refractivity contribution in [3.63, 3.8) is 0 Å². The zero-order chi connectivity index (χ0) is 32.5. The Balaban J connectivity index is 4.03. The number of phosphoric acid groups is 1. The SMILES string of the molecule is CCCC(=O)OC[C-](COP(=O)(O)OCCCC(=O)OCCOCCCC(=O)COCC(=O)CC(C)C)OC(=O)CCC. The fraction of sp³-hybridized carbons (Fsp3) is 0.786. The van der Waals surface area contributed by atoms with Gasteiger partial charge in [0.15, 0.2) is 11.6 Å². The summed E-state index contributed by atoms with van der Waals surface area (Å²) in [4.78, 5) is 68.4. The number of phosphoric ester groups is 1. The maximum Gasteiger partial charge on any atom is 0.469 e. The van der Waals surface area contributed by atoms with Crippen molar-refractivity contribution < 1.29 is 66.2 Å². The highest BCUT2D eigenvalue weighted by Gasteiger charge is 2.21. The second-order valence-electron chi connectivity index (χ2n) is 9.96. The maximum atomic E-state index is 12.1. The van der Waals surface area contributed by atoms with Gasteiger partial charge in [-0.25, -0.2) is 4.57 Å². The van der Waals surface area contributed by atoms with Gasteiger partial charge >= 0.3 is 19.8 Å². The van der Waals surface area contributed by atoms with E-state index in [1.54, 1.807) is 13.8 Å². The van der Waals surface area contributed by atoms with Crippen LogP contribution in [0.2, 0.25) is 0 Å². The van der Waals surface area contributed by atoms with Gasteiger partial charge in [0.05, 0.1) is 13.2 Å². The van der Waals surface area contributed by atoms with E-state index in [4.69, 9.17) is 32.7 Å². The van der Waals surface area contributed by atoms with Crippen molar-refractivity contribution in [2.45, 2.75) is 85.5 Å². The number of hydrogen-bond acceptors (Lipinski definition) is 13. The highest BCUT2D eigenvalue weighted by Crippen LogP contribution is 2.44. The van der Waals surface area contributed by atoms with Gasteiger partial charge in [-0.3, -0.25) is 28.5 Å². The summed E-state index contributed by atoms with van der Waals surface area (Å²) in [7, 11) is -4.56. The Kier molecular flexibility index (Phi) is 23.8. The molecule has 0 aromatic rings. The number of ether oxygens (including phenoxy) is 5. The maximum absolute atomic E-state index is 12.1. The molecule has 0 rings (SSSR count). The van der Waals surface area contributed by atoms with Crippen LogP contribution in [-0.4, -0.2) is 87.2 Å². The first-order valence-corrected chi connectivity index (χ1v) is 16.0. The summed E-state index contributed by atoms with van der Waals surface area (Å²) in [6, 6.07) is 0. The molecule has 1 N–H and O–H groups in total. The average Bonchev–Trinajstić information content (AvgIpc) is 2.92. The molecule has 0 aromatic heterocycles. The molecule has 1 atom stereocenters. The standard InChI is InChI=1S/C28H48O14P/c1-5-9-26(31)39-20-25(42-28(33)10-6-2)21-41-43(34,35)40-14-8-12-27(32)38-16-15-36-13-7-11-23(29)18-37-19-24(30)17-22(3)4/h22H,5-21H2,1-4H3,(H,34,35)/q-1. The topological polar surface area (TPSA) is 187 Å². The highest BCUT2D eigenvalue weighted by atomic mass is 31.2. The van der Waals surface area contributed by atoms with Crippen LogP contribution in [0.4, 0.5) is 0 Å². The molecule has 0 aliphatic heterocycles. The van der Waals surface area contributed by atoms with E-state index in [-0.39, 0.29) is 95.3 Å². The van der Waals surface area contributed by atoms with Gasteiger partial charge in [0.25, 0.3) is 5.97 Å². The average molecular weight is 640 g/mol. The summed E-state index contributed by atoms with van der Waals surface area (Å²) in [6.07, 6.45) is 2.28. The number of carbonyl (C=O) groups excluding carboxylic acids is 5. The molecule has 0 radical (unpaired) electrons. The van der Waals surface area contributed by atoms with Crippen molar-refractivity contribution in [1.82, 2.24) is 0 Å². The lowest BCUT2D eigenvalue weighted by Gasteiger charge is -2.31. The molecule has 0 heterocycles. The molecule has 0 spiro atoms. The van der Waals surface area contributed by atoms with Gasteiger partial charge in [0.2, 0.25) is 0 Å². The van der Waals surface area contributed by atoms with E-state index in [1.807, 2.05) is 13.8 Å². The molecule has 0 aromatic carbocycles. The Labute approximate surface area is 254 Å². The molecule has 15 heteroatoms. The van der Waals surface area contributed by atoms with Crippen molar-refractivity contribution in [3.8, 4) is 0 Å².